The maximum Gasteiger partial charge on any atom is 0.124 e. The summed E-state index contributed by atoms with van der Waals surface area (Å²) < 4.78 is 19.4. The van der Waals surface area contributed by atoms with Crippen molar-refractivity contribution in [2.75, 3.05) is 0 Å². The van der Waals surface area contributed by atoms with Gasteiger partial charge in [-0.15, -0.1) is 0 Å². The highest BCUT2D eigenvalue weighted by Crippen LogP contribution is 2.21. The molecule has 0 aromatic heterocycles. The van der Waals surface area contributed by atoms with Gasteiger partial charge < -0.3 is 4.74 Å². The Bertz CT molecular complexity index is 513. The third-order valence-electron chi connectivity index (χ3n) is 2.22. The predicted molar refractivity (Wildman–Crippen MR) is 69.9 cm³/mol. The zero-order chi connectivity index (χ0) is 12.3. The number of rotatable bonds is 3. The van der Waals surface area contributed by atoms with Gasteiger partial charge in [-0.25, -0.2) is 4.39 Å². The molecule has 0 atom stereocenters. The first-order valence-electron chi connectivity index (χ1n) is 4.97. The van der Waals surface area contributed by atoms with Crippen molar-refractivity contribution in [1.82, 2.24) is 0 Å². The number of hydrogen-bond acceptors (Lipinski definition) is 1. The van der Waals surface area contributed by atoms with Gasteiger partial charge >= 0.3 is 0 Å². The number of ether oxygens (including phenoxy) is 1. The molecular weight excluding hydrogens is 306 g/mol. The molecule has 0 heterocycles. The fourth-order valence-electron chi connectivity index (χ4n) is 1.33. The van der Waals surface area contributed by atoms with Crippen LogP contribution in [-0.2, 0) is 6.61 Å². The zero-order valence-corrected chi connectivity index (χ0v) is 11.1. The first-order valence-corrected chi connectivity index (χ1v) is 6.14. The van der Waals surface area contributed by atoms with E-state index in [-0.39, 0.29) is 5.82 Å². The second-order valence-corrected chi connectivity index (χ2v) is 4.80. The summed E-state index contributed by atoms with van der Waals surface area (Å²) in [5.74, 6) is 0.399. The summed E-state index contributed by atoms with van der Waals surface area (Å²) in [5.41, 5.74) is 0.760. The third-order valence-corrected chi connectivity index (χ3v) is 3.10. The van der Waals surface area contributed by atoms with Gasteiger partial charge in [0, 0.05) is 10.0 Å². The predicted octanol–water partition coefficient (Wildman–Crippen LogP) is 4.82. The van der Waals surface area contributed by atoms with Crippen LogP contribution in [0.25, 0.3) is 0 Å². The molecule has 0 saturated heterocycles. The fraction of sp³-hybridized carbons (Fsp3) is 0.0769. The lowest BCUT2D eigenvalue weighted by atomic mass is 10.2. The van der Waals surface area contributed by atoms with Gasteiger partial charge in [0.25, 0.3) is 0 Å². The number of benzene rings is 2. The lowest BCUT2D eigenvalue weighted by molar-refractivity contribution is 0.306. The molecule has 1 nitrogen and oxygen atoms in total. The summed E-state index contributed by atoms with van der Waals surface area (Å²) in [6.07, 6.45) is 0. The summed E-state index contributed by atoms with van der Waals surface area (Å²) in [4.78, 5) is 0. The minimum absolute atomic E-state index is 0.320. The highest BCUT2D eigenvalue weighted by Gasteiger charge is 2.03. The van der Waals surface area contributed by atoms with Crippen LogP contribution in [0.15, 0.2) is 46.9 Å². The molecule has 0 aliphatic carbocycles. The Balaban J connectivity index is 2.04. The van der Waals surface area contributed by atoms with E-state index in [0.717, 1.165) is 15.8 Å². The summed E-state index contributed by atoms with van der Waals surface area (Å²) in [6.45, 7) is 0.320. The van der Waals surface area contributed by atoms with Crippen LogP contribution in [0.1, 0.15) is 5.56 Å². The molecule has 2 aromatic rings. The van der Waals surface area contributed by atoms with Crippen LogP contribution >= 0.6 is 27.5 Å². The maximum atomic E-state index is 12.8. The van der Waals surface area contributed by atoms with Crippen molar-refractivity contribution >= 4 is 27.5 Å². The molecule has 0 radical (unpaired) electrons. The first-order chi connectivity index (χ1) is 8.15. The van der Waals surface area contributed by atoms with Crippen molar-refractivity contribution in [3.05, 3.63) is 63.3 Å². The van der Waals surface area contributed by atoms with E-state index in [4.69, 9.17) is 16.3 Å². The molecule has 4 heteroatoms. The largest absolute Gasteiger partial charge is 0.489 e. The molecule has 0 amide bonds. The molecule has 17 heavy (non-hydrogen) atoms. The standard InChI is InChI=1S/C13H9BrClFO/c14-10-2-5-12(6-3-10)17-8-9-1-4-11(16)7-13(9)15/h1-7H,8H2. The van der Waals surface area contributed by atoms with E-state index in [1.165, 1.54) is 12.1 Å². The molecule has 0 N–H and O–H groups in total. The molecule has 0 aliphatic rings. The van der Waals surface area contributed by atoms with Crippen molar-refractivity contribution in [3.8, 4) is 5.75 Å². The lowest BCUT2D eigenvalue weighted by Gasteiger charge is -2.07. The van der Waals surface area contributed by atoms with Crippen LogP contribution < -0.4 is 4.74 Å². The molecule has 0 bridgehead atoms. The van der Waals surface area contributed by atoms with Gasteiger partial charge in [0.05, 0.1) is 5.02 Å². The summed E-state index contributed by atoms with van der Waals surface area (Å²) in [6, 6.07) is 11.7. The Hall–Kier alpha value is -1.06. The zero-order valence-electron chi connectivity index (χ0n) is 8.79. The average Bonchev–Trinajstić information content (AvgIpc) is 2.30. The minimum Gasteiger partial charge on any atom is -0.489 e. The Morgan fingerprint density at radius 3 is 2.47 bits per heavy atom. The molecule has 0 saturated carbocycles. The van der Waals surface area contributed by atoms with Crippen LogP contribution in [0.3, 0.4) is 0 Å². The fourth-order valence-corrected chi connectivity index (χ4v) is 1.82. The quantitative estimate of drug-likeness (QED) is 0.789. The van der Waals surface area contributed by atoms with E-state index < -0.39 is 0 Å². The molecule has 0 unspecified atom stereocenters. The van der Waals surface area contributed by atoms with Crippen molar-refractivity contribution in [2.45, 2.75) is 6.61 Å². The molecule has 2 rings (SSSR count). The second-order valence-electron chi connectivity index (χ2n) is 3.48. The Labute approximate surface area is 112 Å². The topological polar surface area (TPSA) is 9.23 Å². The van der Waals surface area contributed by atoms with E-state index in [1.54, 1.807) is 6.07 Å². The number of hydrogen-bond donors (Lipinski definition) is 0. The van der Waals surface area contributed by atoms with Crippen LogP contribution in [-0.4, -0.2) is 0 Å². The van der Waals surface area contributed by atoms with E-state index >= 15 is 0 Å². The van der Waals surface area contributed by atoms with Crippen molar-refractivity contribution in [3.63, 3.8) is 0 Å². The van der Waals surface area contributed by atoms with Crippen LogP contribution in [0, 0.1) is 5.82 Å². The van der Waals surface area contributed by atoms with Gasteiger partial charge in [-0.05, 0) is 36.4 Å². The molecule has 0 spiro atoms. The van der Waals surface area contributed by atoms with Gasteiger partial charge in [0.15, 0.2) is 0 Å². The van der Waals surface area contributed by atoms with Gasteiger partial charge in [-0.1, -0.05) is 33.6 Å². The SMILES string of the molecule is Fc1ccc(COc2ccc(Br)cc2)c(Cl)c1. The molecular formula is C13H9BrClFO. The van der Waals surface area contributed by atoms with Gasteiger partial charge in [0.2, 0.25) is 0 Å². The minimum atomic E-state index is -0.345. The van der Waals surface area contributed by atoms with Crippen LogP contribution in [0.5, 0.6) is 5.75 Å². The van der Waals surface area contributed by atoms with Crippen LogP contribution in [0.4, 0.5) is 4.39 Å². The van der Waals surface area contributed by atoms with E-state index in [9.17, 15) is 4.39 Å². The van der Waals surface area contributed by atoms with Crippen LogP contribution in [0.2, 0.25) is 5.02 Å². The number of halogens is 3. The van der Waals surface area contributed by atoms with Crippen molar-refractivity contribution in [2.24, 2.45) is 0 Å². The Kier molecular flexibility index (Phi) is 4.02. The maximum absolute atomic E-state index is 12.8. The highest BCUT2D eigenvalue weighted by molar-refractivity contribution is 9.10. The van der Waals surface area contributed by atoms with E-state index in [2.05, 4.69) is 15.9 Å². The Morgan fingerprint density at radius 2 is 1.82 bits per heavy atom. The average molecular weight is 316 g/mol. The van der Waals surface area contributed by atoms with Crippen molar-refractivity contribution < 1.29 is 9.13 Å². The third kappa shape index (κ3) is 3.45. The highest BCUT2D eigenvalue weighted by atomic mass is 79.9. The van der Waals surface area contributed by atoms with Gasteiger partial charge in [-0.2, -0.15) is 0 Å². The first kappa shape index (κ1) is 12.4. The second kappa shape index (κ2) is 5.52. The molecule has 2 aromatic carbocycles. The van der Waals surface area contributed by atoms with E-state index in [1.807, 2.05) is 24.3 Å². The molecule has 0 fully saturated rings. The van der Waals surface area contributed by atoms with Gasteiger partial charge in [0.1, 0.15) is 18.2 Å². The smallest absolute Gasteiger partial charge is 0.124 e. The van der Waals surface area contributed by atoms with E-state index in [0.29, 0.717) is 11.6 Å². The molecule has 88 valence electrons. The monoisotopic (exact) mass is 314 g/mol. The van der Waals surface area contributed by atoms with Crippen molar-refractivity contribution in [1.29, 1.82) is 0 Å². The normalized spacial score (nSPS) is 10.3. The summed E-state index contributed by atoms with van der Waals surface area (Å²) in [7, 11) is 0. The summed E-state index contributed by atoms with van der Waals surface area (Å²) >= 11 is 9.24. The lowest BCUT2D eigenvalue weighted by Crippen LogP contribution is -1.96. The Morgan fingerprint density at radius 1 is 1.12 bits per heavy atom. The van der Waals surface area contributed by atoms with Gasteiger partial charge in [-0.3, -0.25) is 0 Å². The molecule has 0 aliphatic heterocycles. The summed E-state index contributed by atoms with van der Waals surface area (Å²) in [5, 5.41) is 0.377.